The molecule has 4 aromatic carbocycles. The second kappa shape index (κ2) is 31.9. The average molecular weight is 1410 g/mol. The van der Waals surface area contributed by atoms with E-state index in [1.165, 1.54) is 22.3 Å². The molecule has 0 bridgehead atoms. The van der Waals surface area contributed by atoms with E-state index in [2.05, 4.69) is 215 Å². The predicted molar refractivity (Wildman–Crippen MR) is 374 cm³/mol. The molecule has 0 saturated heterocycles. The van der Waals surface area contributed by atoms with Crippen LogP contribution >= 0.6 is 0 Å². The summed E-state index contributed by atoms with van der Waals surface area (Å²) in [6.45, 7) is 51.7. The van der Waals surface area contributed by atoms with Crippen LogP contribution in [0.2, 0.25) is 0 Å². The molecule has 2 fully saturated rings. The molecule has 0 amide bonds. The monoisotopic (exact) mass is 1410 g/mol. The van der Waals surface area contributed by atoms with Crippen LogP contribution in [-0.4, -0.2) is 92.5 Å². The number of alkyl halides is 6. The number of aromatic hydroxyl groups is 4. The first-order valence-corrected chi connectivity index (χ1v) is 32.4. The van der Waals surface area contributed by atoms with Crippen LogP contribution in [0.3, 0.4) is 0 Å². The smallest absolute Gasteiger partial charge is 0.425 e. The second-order valence-corrected chi connectivity index (χ2v) is 33.9. The molecule has 0 heterocycles. The number of phenolic OH excluding ortho intramolecular Hbond substituents is 4. The van der Waals surface area contributed by atoms with E-state index in [-0.39, 0.29) is 115 Å². The molecule has 2 aliphatic carbocycles. The molecular weight excluding hydrogens is 1290 g/mol. The molecule has 94 heavy (non-hydrogen) atoms. The average Bonchev–Trinajstić information content (AvgIpc) is 0.818. The number of hydrogen-bond acceptors (Lipinski definition) is 9. The van der Waals surface area contributed by atoms with E-state index >= 15 is 0 Å². The van der Waals surface area contributed by atoms with E-state index < -0.39 is 18.0 Å². The van der Waals surface area contributed by atoms with Gasteiger partial charge in [0.1, 0.15) is 23.0 Å². The normalized spacial score (nSPS) is 18.5. The molecule has 4 aromatic rings. The number of benzene rings is 4. The standard InChI is InChI=1S/2C36H54N2O2.C4H4F6O.CH4.2Co/c2*1-33(2,3)25-17-23(31(39)27(19-25)35(7,8)9)21-37-29-15-13-14-16-30(29)38-22-24-18-26(34(4,5)6)20-28(32(24)40)36(10,11)12;1-2(11,3(5,6)7)4(8,9)10;;;/h2*17-22,29-30,39-40H,13-16H2,1-12H3;11H,1H3;1H4;;/t2*29-,30-;;;;/m00..../s1. The summed E-state index contributed by atoms with van der Waals surface area (Å²) in [7, 11) is 0. The maximum atomic E-state index is 11.4. The Kier molecular flexibility index (Phi) is 29.6. The summed E-state index contributed by atoms with van der Waals surface area (Å²) in [5.74, 6) is 1.27. The van der Waals surface area contributed by atoms with Crippen molar-refractivity contribution in [1.82, 2.24) is 0 Å². The zero-order valence-electron chi connectivity index (χ0n) is 60.4. The minimum atomic E-state index is -5.69. The van der Waals surface area contributed by atoms with Gasteiger partial charge in [0, 0.05) is 103 Å². The van der Waals surface area contributed by atoms with Crippen LogP contribution in [0, 0.1) is 0 Å². The maximum absolute atomic E-state index is 11.4. The van der Waals surface area contributed by atoms with Gasteiger partial charge in [0.25, 0.3) is 5.60 Å². The van der Waals surface area contributed by atoms with Gasteiger partial charge in [-0.1, -0.05) is 224 Å². The Labute approximate surface area is 582 Å². The summed E-state index contributed by atoms with van der Waals surface area (Å²) in [4.78, 5) is 20.1. The van der Waals surface area contributed by atoms with Gasteiger partial charge in [-0.05, 0) is 122 Å². The van der Waals surface area contributed by atoms with Crippen LogP contribution in [0.4, 0.5) is 26.3 Å². The van der Waals surface area contributed by atoms with Crippen molar-refractivity contribution in [2.75, 3.05) is 0 Å². The van der Waals surface area contributed by atoms with Crippen LogP contribution in [0.1, 0.15) is 299 Å². The number of aliphatic imine (C=N–C) groups is 4. The molecule has 534 valence electrons. The van der Waals surface area contributed by atoms with Crippen molar-refractivity contribution in [1.29, 1.82) is 0 Å². The fraction of sp³-hybridized carbons (Fsp3) is 0.636. The number of rotatable bonds is 8. The van der Waals surface area contributed by atoms with Crippen LogP contribution < -0.4 is 0 Å². The van der Waals surface area contributed by atoms with Gasteiger partial charge in [0.2, 0.25) is 0 Å². The van der Waals surface area contributed by atoms with E-state index in [0.29, 0.717) is 23.0 Å². The molecule has 2 aliphatic rings. The van der Waals surface area contributed by atoms with E-state index in [0.717, 1.165) is 95.9 Å². The number of aliphatic hydroxyl groups is 1. The van der Waals surface area contributed by atoms with E-state index in [1.54, 1.807) is 0 Å². The Morgan fingerprint density at radius 2 is 0.468 bits per heavy atom. The van der Waals surface area contributed by atoms with E-state index in [1.807, 2.05) is 24.9 Å². The third-order valence-corrected chi connectivity index (χ3v) is 17.4. The molecule has 2 saturated carbocycles. The first-order chi connectivity index (χ1) is 40.9. The van der Waals surface area contributed by atoms with Crippen molar-refractivity contribution in [3.63, 3.8) is 0 Å². The number of halogens is 6. The van der Waals surface area contributed by atoms with Crippen LogP contribution in [-0.2, 0) is 76.9 Å². The predicted octanol–water partition coefficient (Wildman–Crippen LogP) is 20.8. The first kappa shape index (κ1) is 87.3. The molecule has 9 nitrogen and oxygen atoms in total. The summed E-state index contributed by atoms with van der Waals surface area (Å²) in [6, 6.07) is 17.1. The fourth-order valence-corrected chi connectivity index (χ4v) is 10.8. The van der Waals surface area contributed by atoms with Crippen LogP contribution in [0.5, 0.6) is 23.0 Å². The van der Waals surface area contributed by atoms with Crippen LogP contribution in [0.25, 0.3) is 0 Å². The third kappa shape index (κ3) is 23.2. The zero-order chi connectivity index (χ0) is 70.0. The zero-order valence-corrected chi connectivity index (χ0v) is 62.4. The maximum Gasteiger partial charge on any atom is 0.425 e. The second-order valence-electron chi connectivity index (χ2n) is 33.9. The Balaban J connectivity index is 0.000000788. The third-order valence-electron chi connectivity index (χ3n) is 17.4. The SMILES string of the molecule is C.CC(C)(C)c1cc(C=N[C@H]2CCCC[C@@H]2N=Cc2cc(C(C)(C)C)cc(C(C)(C)C)c2O)c(O)c(C(C)(C)C)c1.CC(C)(C)c1cc(C=N[C@H]2CCCC[C@@H]2N=Cc2cc(C(C)(C)C)cc(C(C)(C)C)c2O)c(O)c(C(C)(C)C)c1.CC(O)(C(F)(F)F)C(F)(F)F.[Co].[Co]. The fourth-order valence-electron chi connectivity index (χ4n) is 10.8. The number of nitrogens with zero attached hydrogens (tertiary/aromatic N) is 4. The van der Waals surface area contributed by atoms with Gasteiger partial charge in [-0.25, -0.2) is 0 Å². The molecule has 0 aliphatic heterocycles. The Hall–Kier alpha value is -4.69. The van der Waals surface area contributed by atoms with Gasteiger partial charge in [-0.15, -0.1) is 0 Å². The summed E-state index contributed by atoms with van der Waals surface area (Å²) >= 11 is 0. The Bertz CT molecular complexity index is 2860. The Morgan fingerprint density at radius 3 is 0.585 bits per heavy atom. The molecule has 0 spiro atoms. The summed E-state index contributed by atoms with van der Waals surface area (Å²) < 4.78 is 68.2. The molecule has 5 N–H and O–H groups in total. The van der Waals surface area contributed by atoms with E-state index in [4.69, 9.17) is 25.1 Å². The Morgan fingerprint density at radius 1 is 0.309 bits per heavy atom. The molecule has 17 heteroatoms. The van der Waals surface area contributed by atoms with Gasteiger partial charge in [0.15, 0.2) is 0 Å². The van der Waals surface area contributed by atoms with E-state index in [9.17, 15) is 46.8 Å². The van der Waals surface area contributed by atoms with Gasteiger partial charge in [-0.2, -0.15) is 26.3 Å². The molecular formula is C77H116Co2F6N4O5. The summed E-state index contributed by atoms with van der Waals surface area (Å²) in [6.07, 6.45) is 4.43. The molecule has 4 atom stereocenters. The summed E-state index contributed by atoms with van der Waals surface area (Å²) in [5.41, 5.74) is 6.16. The topological polar surface area (TPSA) is 151 Å². The summed E-state index contributed by atoms with van der Waals surface area (Å²) in [5, 5.41) is 52.8. The van der Waals surface area contributed by atoms with Gasteiger partial charge >= 0.3 is 12.4 Å². The van der Waals surface area contributed by atoms with Crippen molar-refractivity contribution in [3.8, 4) is 23.0 Å². The molecule has 2 radical (unpaired) electrons. The largest absolute Gasteiger partial charge is 0.507 e. The van der Waals surface area contributed by atoms with Crippen LogP contribution in [0.15, 0.2) is 68.5 Å². The quantitative estimate of drug-likeness (QED) is 0.0879. The van der Waals surface area contributed by atoms with Crippen molar-refractivity contribution in [2.24, 2.45) is 20.0 Å². The van der Waals surface area contributed by atoms with Crippen molar-refractivity contribution >= 4 is 24.9 Å². The molecule has 0 aromatic heterocycles. The van der Waals surface area contributed by atoms with Crippen molar-refractivity contribution < 1.29 is 85.4 Å². The van der Waals surface area contributed by atoms with Crippen molar-refractivity contribution in [2.45, 2.75) is 317 Å². The number of phenols is 4. The first-order valence-electron chi connectivity index (χ1n) is 32.4. The molecule has 6 rings (SSSR count). The van der Waals surface area contributed by atoms with Gasteiger partial charge in [0.05, 0.1) is 24.2 Å². The van der Waals surface area contributed by atoms with Crippen molar-refractivity contribution in [3.05, 3.63) is 115 Å². The minimum Gasteiger partial charge on any atom is -0.507 e. The van der Waals surface area contributed by atoms with Gasteiger partial charge < -0.3 is 25.5 Å². The molecule has 0 unspecified atom stereocenters. The number of hydrogen-bond donors (Lipinski definition) is 5. The minimum absolute atomic E-state index is 0. The van der Waals surface area contributed by atoms with Gasteiger partial charge in [-0.3, -0.25) is 20.0 Å².